The van der Waals surface area contributed by atoms with Gasteiger partial charge in [0.1, 0.15) is 5.54 Å². The standard InChI is InChI=1S/C17H32N2O2/c1-4-21-16(20)17(18-3)10-5-6-15(17)9-13-19-11-7-14(2)8-12-19/h14-15,18H,4-13H2,1-3H3. The van der Waals surface area contributed by atoms with Crippen LogP contribution in [-0.4, -0.2) is 49.7 Å². The number of hydrogen-bond donors (Lipinski definition) is 1. The molecule has 21 heavy (non-hydrogen) atoms. The van der Waals surface area contributed by atoms with Crippen LogP contribution in [0.3, 0.4) is 0 Å². The zero-order valence-electron chi connectivity index (χ0n) is 14.0. The van der Waals surface area contributed by atoms with Gasteiger partial charge >= 0.3 is 5.97 Å². The fourth-order valence-corrected chi connectivity index (χ4v) is 4.05. The lowest BCUT2D eigenvalue weighted by Gasteiger charge is -2.35. The molecule has 2 rings (SSSR count). The summed E-state index contributed by atoms with van der Waals surface area (Å²) in [6.45, 7) is 8.28. The Balaban J connectivity index is 1.90. The van der Waals surface area contributed by atoms with Crippen molar-refractivity contribution in [2.75, 3.05) is 33.3 Å². The highest BCUT2D eigenvalue weighted by Crippen LogP contribution is 2.39. The van der Waals surface area contributed by atoms with Crippen LogP contribution in [0.5, 0.6) is 0 Å². The van der Waals surface area contributed by atoms with Gasteiger partial charge in [-0.15, -0.1) is 0 Å². The summed E-state index contributed by atoms with van der Waals surface area (Å²) < 4.78 is 5.34. The highest BCUT2D eigenvalue weighted by atomic mass is 16.5. The molecule has 2 aliphatic rings. The zero-order chi connectivity index (χ0) is 15.3. The summed E-state index contributed by atoms with van der Waals surface area (Å²) in [7, 11) is 1.91. The Morgan fingerprint density at radius 2 is 2.05 bits per heavy atom. The van der Waals surface area contributed by atoms with Crippen molar-refractivity contribution in [1.82, 2.24) is 10.2 Å². The summed E-state index contributed by atoms with van der Waals surface area (Å²) in [4.78, 5) is 15.0. The number of hydrogen-bond acceptors (Lipinski definition) is 4. The highest BCUT2D eigenvalue weighted by Gasteiger charge is 2.48. The van der Waals surface area contributed by atoms with Crippen LogP contribution in [0.15, 0.2) is 0 Å². The fraction of sp³-hybridized carbons (Fsp3) is 0.941. The molecule has 1 N–H and O–H groups in total. The monoisotopic (exact) mass is 296 g/mol. The SMILES string of the molecule is CCOC(=O)C1(NC)CCCC1CCN1CCC(C)CC1. The molecule has 1 aliphatic heterocycles. The first kappa shape index (κ1) is 16.8. The van der Waals surface area contributed by atoms with Crippen LogP contribution in [-0.2, 0) is 9.53 Å². The first-order valence-electron chi connectivity index (χ1n) is 8.71. The largest absolute Gasteiger partial charge is 0.465 e. The minimum atomic E-state index is -0.431. The van der Waals surface area contributed by atoms with E-state index in [0.717, 1.165) is 38.1 Å². The Hall–Kier alpha value is -0.610. The maximum Gasteiger partial charge on any atom is 0.326 e. The number of likely N-dealkylation sites (N-methyl/N-ethyl adjacent to an activating group) is 1. The molecule has 122 valence electrons. The predicted octanol–water partition coefficient (Wildman–Crippen LogP) is 2.43. The maximum atomic E-state index is 12.4. The summed E-state index contributed by atoms with van der Waals surface area (Å²) >= 11 is 0. The highest BCUT2D eigenvalue weighted by molar-refractivity contribution is 5.81. The van der Waals surface area contributed by atoms with E-state index >= 15 is 0 Å². The number of ether oxygens (including phenoxy) is 1. The van der Waals surface area contributed by atoms with Crippen LogP contribution in [0, 0.1) is 11.8 Å². The number of esters is 1. The van der Waals surface area contributed by atoms with Crippen LogP contribution >= 0.6 is 0 Å². The molecule has 1 heterocycles. The molecule has 1 saturated carbocycles. The third kappa shape index (κ3) is 3.78. The first-order chi connectivity index (χ1) is 10.1. The van der Waals surface area contributed by atoms with Gasteiger partial charge in [0.05, 0.1) is 6.61 Å². The van der Waals surface area contributed by atoms with E-state index in [0.29, 0.717) is 12.5 Å². The van der Waals surface area contributed by atoms with E-state index in [-0.39, 0.29) is 5.97 Å². The number of rotatable bonds is 6. The Kier molecular flexibility index (Phi) is 6.06. The summed E-state index contributed by atoms with van der Waals surface area (Å²) in [5, 5.41) is 3.31. The fourth-order valence-electron chi connectivity index (χ4n) is 4.05. The maximum absolute atomic E-state index is 12.4. The number of nitrogens with zero attached hydrogens (tertiary/aromatic N) is 1. The Morgan fingerprint density at radius 1 is 1.33 bits per heavy atom. The average molecular weight is 296 g/mol. The molecule has 0 spiro atoms. The molecule has 4 nitrogen and oxygen atoms in total. The summed E-state index contributed by atoms with van der Waals surface area (Å²) in [5.41, 5.74) is -0.431. The van der Waals surface area contributed by atoms with Gasteiger partial charge in [-0.2, -0.15) is 0 Å². The number of likely N-dealkylation sites (tertiary alicyclic amines) is 1. The number of carbonyl (C=O) groups excluding carboxylic acids is 1. The van der Waals surface area contributed by atoms with E-state index in [1.807, 2.05) is 14.0 Å². The summed E-state index contributed by atoms with van der Waals surface area (Å²) in [5.74, 6) is 1.26. The second kappa shape index (κ2) is 7.59. The van der Waals surface area contributed by atoms with Crippen molar-refractivity contribution in [1.29, 1.82) is 0 Å². The van der Waals surface area contributed by atoms with Crippen LogP contribution in [0.4, 0.5) is 0 Å². The minimum absolute atomic E-state index is 0.0396. The van der Waals surface area contributed by atoms with E-state index in [4.69, 9.17) is 4.74 Å². The molecule has 2 unspecified atom stereocenters. The molecule has 0 radical (unpaired) electrons. The van der Waals surface area contributed by atoms with Crippen molar-refractivity contribution >= 4 is 5.97 Å². The first-order valence-corrected chi connectivity index (χ1v) is 8.71. The van der Waals surface area contributed by atoms with Crippen molar-refractivity contribution in [3.63, 3.8) is 0 Å². The molecular formula is C17H32N2O2. The molecule has 4 heteroatoms. The van der Waals surface area contributed by atoms with Crippen LogP contribution in [0.2, 0.25) is 0 Å². The van der Waals surface area contributed by atoms with Gasteiger partial charge in [-0.25, -0.2) is 0 Å². The lowest BCUT2D eigenvalue weighted by Crippen LogP contribution is -2.54. The van der Waals surface area contributed by atoms with Crippen LogP contribution in [0.1, 0.15) is 52.4 Å². The van der Waals surface area contributed by atoms with Gasteiger partial charge in [-0.1, -0.05) is 13.3 Å². The van der Waals surface area contributed by atoms with Crippen molar-refractivity contribution in [2.45, 2.75) is 57.9 Å². The molecule has 0 bridgehead atoms. The number of carbonyl (C=O) groups is 1. The number of nitrogens with one attached hydrogen (secondary N) is 1. The second-order valence-corrected chi connectivity index (χ2v) is 6.84. The van der Waals surface area contributed by atoms with E-state index in [2.05, 4.69) is 17.1 Å². The second-order valence-electron chi connectivity index (χ2n) is 6.84. The molecule has 1 aliphatic carbocycles. The predicted molar refractivity (Wildman–Crippen MR) is 85.2 cm³/mol. The molecule has 0 aromatic heterocycles. The number of piperidine rings is 1. The lowest BCUT2D eigenvalue weighted by molar-refractivity contribution is -0.153. The quantitative estimate of drug-likeness (QED) is 0.764. The Morgan fingerprint density at radius 3 is 2.67 bits per heavy atom. The van der Waals surface area contributed by atoms with Gasteiger partial charge in [0.2, 0.25) is 0 Å². The van der Waals surface area contributed by atoms with Gasteiger partial charge in [0, 0.05) is 0 Å². The van der Waals surface area contributed by atoms with Gasteiger partial charge in [0.15, 0.2) is 0 Å². The molecule has 2 fully saturated rings. The normalized spacial score (nSPS) is 31.5. The zero-order valence-corrected chi connectivity index (χ0v) is 14.0. The van der Waals surface area contributed by atoms with Gasteiger partial charge in [0.25, 0.3) is 0 Å². The topological polar surface area (TPSA) is 41.6 Å². The van der Waals surface area contributed by atoms with Gasteiger partial charge in [-0.3, -0.25) is 4.79 Å². The Bertz CT molecular complexity index is 340. The van der Waals surface area contributed by atoms with E-state index in [1.165, 1.54) is 25.9 Å². The third-order valence-electron chi connectivity index (χ3n) is 5.58. The summed E-state index contributed by atoms with van der Waals surface area (Å²) in [6, 6.07) is 0. The van der Waals surface area contributed by atoms with E-state index in [1.54, 1.807) is 0 Å². The van der Waals surface area contributed by atoms with Crippen LogP contribution in [0.25, 0.3) is 0 Å². The van der Waals surface area contributed by atoms with E-state index < -0.39 is 5.54 Å². The van der Waals surface area contributed by atoms with Crippen molar-refractivity contribution in [3.05, 3.63) is 0 Å². The third-order valence-corrected chi connectivity index (χ3v) is 5.58. The lowest BCUT2D eigenvalue weighted by atomic mass is 9.84. The molecule has 0 aromatic rings. The molecule has 1 saturated heterocycles. The Labute approximate surface area is 129 Å². The summed E-state index contributed by atoms with van der Waals surface area (Å²) in [6.07, 6.45) is 6.93. The van der Waals surface area contributed by atoms with Crippen LogP contribution < -0.4 is 5.32 Å². The van der Waals surface area contributed by atoms with E-state index in [9.17, 15) is 4.79 Å². The molecular weight excluding hydrogens is 264 g/mol. The molecule has 0 aromatic carbocycles. The average Bonchev–Trinajstić information content (AvgIpc) is 2.91. The molecule has 0 amide bonds. The van der Waals surface area contributed by atoms with Crippen molar-refractivity contribution < 1.29 is 9.53 Å². The smallest absolute Gasteiger partial charge is 0.326 e. The van der Waals surface area contributed by atoms with Crippen molar-refractivity contribution in [2.24, 2.45) is 11.8 Å². The van der Waals surface area contributed by atoms with Gasteiger partial charge < -0.3 is 15.0 Å². The minimum Gasteiger partial charge on any atom is -0.465 e. The van der Waals surface area contributed by atoms with Gasteiger partial charge in [-0.05, 0) is 77.5 Å². The molecule has 2 atom stereocenters. The van der Waals surface area contributed by atoms with Crippen molar-refractivity contribution in [3.8, 4) is 0 Å².